The summed E-state index contributed by atoms with van der Waals surface area (Å²) in [6.07, 6.45) is 4.52. The van der Waals surface area contributed by atoms with E-state index in [1.807, 2.05) is 25.8 Å². The summed E-state index contributed by atoms with van der Waals surface area (Å²) in [6.45, 7) is 8.49. The summed E-state index contributed by atoms with van der Waals surface area (Å²) in [5.74, 6) is 0. The Morgan fingerprint density at radius 2 is 1.94 bits per heavy atom. The lowest BCUT2D eigenvalue weighted by atomic mass is 10.2. The Labute approximate surface area is 98.3 Å². The maximum Gasteiger partial charge on any atom is 0.422 e. The van der Waals surface area contributed by atoms with E-state index < -0.39 is 5.60 Å². The van der Waals surface area contributed by atoms with Gasteiger partial charge in [0.05, 0.1) is 0 Å². The van der Waals surface area contributed by atoms with E-state index in [4.69, 9.17) is 4.74 Å². The third kappa shape index (κ3) is 4.39. The van der Waals surface area contributed by atoms with Crippen LogP contribution in [0.2, 0.25) is 0 Å². The Kier molecular flexibility index (Phi) is 4.59. The number of hydrazine groups is 1. The molecule has 0 atom stereocenters. The molecule has 1 N–H and O–H groups in total. The van der Waals surface area contributed by atoms with E-state index in [1.165, 1.54) is 25.7 Å². The molecule has 0 heterocycles. The number of carbonyl (C=O) groups is 1. The summed E-state index contributed by atoms with van der Waals surface area (Å²) in [7, 11) is 0. The van der Waals surface area contributed by atoms with Gasteiger partial charge in [0.25, 0.3) is 0 Å². The monoisotopic (exact) mass is 228 g/mol. The lowest BCUT2D eigenvalue weighted by Gasteiger charge is -2.29. The summed E-state index contributed by atoms with van der Waals surface area (Å²) in [5.41, 5.74) is 2.41. The van der Waals surface area contributed by atoms with Gasteiger partial charge in [-0.3, -0.25) is 5.43 Å². The number of nitrogens with zero attached hydrogens (tertiary/aromatic N) is 1. The first-order valence-electron chi connectivity index (χ1n) is 6.18. The van der Waals surface area contributed by atoms with Crippen molar-refractivity contribution in [3.63, 3.8) is 0 Å². The van der Waals surface area contributed by atoms with Crippen LogP contribution in [0.5, 0.6) is 0 Å². The van der Waals surface area contributed by atoms with Gasteiger partial charge in [-0.15, -0.1) is 0 Å². The topological polar surface area (TPSA) is 41.6 Å². The molecule has 4 heteroatoms. The zero-order chi connectivity index (χ0) is 12.2. The van der Waals surface area contributed by atoms with Crippen molar-refractivity contribution in [2.75, 3.05) is 6.54 Å². The zero-order valence-electron chi connectivity index (χ0n) is 10.9. The smallest absolute Gasteiger partial charge is 0.422 e. The van der Waals surface area contributed by atoms with E-state index in [1.54, 1.807) is 0 Å². The molecule has 1 saturated carbocycles. The third-order valence-electron chi connectivity index (χ3n) is 2.74. The summed E-state index contributed by atoms with van der Waals surface area (Å²) in [5, 5.41) is 2.00. The second-order valence-electron chi connectivity index (χ2n) is 5.34. The van der Waals surface area contributed by atoms with Crippen molar-refractivity contribution < 1.29 is 9.53 Å². The minimum atomic E-state index is -0.431. The Hall–Kier alpha value is -0.770. The van der Waals surface area contributed by atoms with Crippen molar-refractivity contribution in [1.29, 1.82) is 0 Å². The molecule has 0 aromatic rings. The van der Waals surface area contributed by atoms with Crippen molar-refractivity contribution in [1.82, 2.24) is 10.4 Å². The standard InChI is InChI=1S/C12H24N2O2/c1-5-14(10-8-6-7-9-10)13-11(15)16-12(2,3)4/h10H,5-9H2,1-4H3,(H,13,15). The fourth-order valence-electron chi connectivity index (χ4n) is 2.06. The predicted molar refractivity (Wildman–Crippen MR) is 64.0 cm³/mol. The number of hydrogen-bond donors (Lipinski definition) is 1. The van der Waals surface area contributed by atoms with Crippen LogP contribution in [-0.4, -0.2) is 29.3 Å². The van der Waals surface area contributed by atoms with Crippen molar-refractivity contribution >= 4 is 6.09 Å². The maximum atomic E-state index is 11.6. The lowest BCUT2D eigenvalue weighted by Crippen LogP contribution is -2.49. The van der Waals surface area contributed by atoms with Gasteiger partial charge in [0.15, 0.2) is 0 Å². The van der Waals surface area contributed by atoms with Crippen LogP contribution in [0.3, 0.4) is 0 Å². The number of ether oxygens (including phenoxy) is 1. The second kappa shape index (κ2) is 5.53. The Morgan fingerprint density at radius 3 is 2.38 bits per heavy atom. The first-order valence-corrected chi connectivity index (χ1v) is 6.18. The molecule has 1 amide bonds. The van der Waals surface area contributed by atoms with Gasteiger partial charge in [-0.2, -0.15) is 0 Å². The normalized spacial score (nSPS) is 17.8. The van der Waals surface area contributed by atoms with Crippen LogP contribution >= 0.6 is 0 Å². The SMILES string of the molecule is CCN(NC(=O)OC(C)(C)C)C1CCCC1. The quantitative estimate of drug-likeness (QED) is 0.755. The highest BCUT2D eigenvalue weighted by Gasteiger charge is 2.24. The summed E-state index contributed by atoms with van der Waals surface area (Å²) in [6, 6.07) is 0.484. The first-order chi connectivity index (χ1) is 7.42. The lowest BCUT2D eigenvalue weighted by molar-refractivity contribution is 0.0259. The number of amides is 1. The van der Waals surface area contributed by atoms with Gasteiger partial charge >= 0.3 is 6.09 Å². The molecular formula is C12H24N2O2. The van der Waals surface area contributed by atoms with Crippen LogP contribution in [0, 0.1) is 0 Å². The van der Waals surface area contributed by atoms with E-state index in [-0.39, 0.29) is 6.09 Å². The van der Waals surface area contributed by atoms with Crippen LogP contribution in [0.25, 0.3) is 0 Å². The fourth-order valence-corrected chi connectivity index (χ4v) is 2.06. The van der Waals surface area contributed by atoms with Crippen LogP contribution in [0.4, 0.5) is 4.79 Å². The molecule has 0 unspecified atom stereocenters. The van der Waals surface area contributed by atoms with Gasteiger partial charge in [0.1, 0.15) is 5.60 Å². The highest BCUT2D eigenvalue weighted by molar-refractivity contribution is 5.67. The maximum absolute atomic E-state index is 11.6. The number of nitrogens with one attached hydrogen (secondary N) is 1. The van der Waals surface area contributed by atoms with Crippen molar-refractivity contribution in [2.24, 2.45) is 0 Å². The molecule has 0 aromatic carbocycles. The van der Waals surface area contributed by atoms with Gasteiger partial charge in [-0.1, -0.05) is 19.8 Å². The van der Waals surface area contributed by atoms with Gasteiger partial charge < -0.3 is 4.74 Å². The van der Waals surface area contributed by atoms with Crippen LogP contribution in [-0.2, 0) is 4.74 Å². The molecule has 16 heavy (non-hydrogen) atoms. The predicted octanol–water partition coefficient (Wildman–Crippen LogP) is 2.69. The van der Waals surface area contributed by atoms with E-state index in [0.717, 1.165) is 6.54 Å². The molecular weight excluding hydrogens is 204 g/mol. The van der Waals surface area contributed by atoms with E-state index in [0.29, 0.717) is 6.04 Å². The third-order valence-corrected chi connectivity index (χ3v) is 2.74. The van der Waals surface area contributed by atoms with Crippen molar-refractivity contribution in [3.05, 3.63) is 0 Å². The largest absolute Gasteiger partial charge is 0.443 e. The highest BCUT2D eigenvalue weighted by atomic mass is 16.6. The molecule has 0 spiro atoms. The van der Waals surface area contributed by atoms with Gasteiger partial charge in [-0.25, -0.2) is 9.80 Å². The average Bonchev–Trinajstić information content (AvgIpc) is 2.63. The number of hydrogen-bond acceptors (Lipinski definition) is 3. The number of carbonyl (C=O) groups excluding carboxylic acids is 1. The molecule has 1 rings (SSSR count). The summed E-state index contributed by atoms with van der Waals surface area (Å²) >= 11 is 0. The fraction of sp³-hybridized carbons (Fsp3) is 0.917. The molecule has 0 saturated heterocycles. The van der Waals surface area contributed by atoms with Crippen LogP contribution in [0.15, 0.2) is 0 Å². The van der Waals surface area contributed by atoms with E-state index >= 15 is 0 Å². The number of rotatable bonds is 3. The first kappa shape index (κ1) is 13.3. The molecule has 0 radical (unpaired) electrons. The summed E-state index contributed by atoms with van der Waals surface area (Å²) < 4.78 is 5.24. The molecule has 1 aliphatic rings. The van der Waals surface area contributed by atoms with Crippen LogP contribution in [0.1, 0.15) is 53.4 Å². The van der Waals surface area contributed by atoms with Gasteiger partial charge in [0, 0.05) is 12.6 Å². The van der Waals surface area contributed by atoms with E-state index in [2.05, 4.69) is 12.3 Å². The molecule has 94 valence electrons. The highest BCUT2D eigenvalue weighted by Crippen LogP contribution is 2.22. The molecule has 0 bridgehead atoms. The zero-order valence-corrected chi connectivity index (χ0v) is 10.9. The molecule has 4 nitrogen and oxygen atoms in total. The van der Waals surface area contributed by atoms with Crippen molar-refractivity contribution in [3.8, 4) is 0 Å². The second-order valence-corrected chi connectivity index (χ2v) is 5.34. The Balaban J connectivity index is 2.40. The van der Waals surface area contributed by atoms with E-state index in [9.17, 15) is 4.79 Å². The molecule has 1 aliphatic carbocycles. The van der Waals surface area contributed by atoms with Crippen LogP contribution < -0.4 is 5.43 Å². The Morgan fingerprint density at radius 1 is 1.38 bits per heavy atom. The van der Waals surface area contributed by atoms with Gasteiger partial charge in [0.2, 0.25) is 0 Å². The molecule has 0 aromatic heterocycles. The van der Waals surface area contributed by atoms with Crippen molar-refractivity contribution in [2.45, 2.75) is 65.0 Å². The molecule has 1 fully saturated rings. The summed E-state index contributed by atoms with van der Waals surface area (Å²) in [4.78, 5) is 11.6. The van der Waals surface area contributed by atoms with Gasteiger partial charge in [-0.05, 0) is 33.6 Å². The minimum Gasteiger partial charge on any atom is -0.443 e. The average molecular weight is 228 g/mol. The minimum absolute atomic E-state index is 0.346. The molecule has 0 aliphatic heterocycles. The Bertz CT molecular complexity index is 230.